The lowest BCUT2D eigenvalue weighted by atomic mass is 10.1. The van der Waals surface area contributed by atoms with Crippen LogP contribution in [0.15, 0.2) is 63.7 Å². The van der Waals surface area contributed by atoms with E-state index in [2.05, 4.69) is 15.5 Å². The molecule has 29 heavy (non-hydrogen) atoms. The highest BCUT2D eigenvalue weighted by Gasteiger charge is 2.11. The van der Waals surface area contributed by atoms with Crippen molar-refractivity contribution < 1.29 is 22.5 Å². The molecule has 0 fully saturated rings. The zero-order valence-electron chi connectivity index (χ0n) is 15.2. The summed E-state index contributed by atoms with van der Waals surface area (Å²) < 4.78 is 36.8. The first-order chi connectivity index (χ1) is 13.7. The number of carbonyl (C=O) groups is 1. The summed E-state index contributed by atoms with van der Waals surface area (Å²) in [4.78, 5) is 11.0. The molecule has 3 rings (SSSR count). The van der Waals surface area contributed by atoms with Crippen molar-refractivity contribution in [2.24, 2.45) is 16.0 Å². The smallest absolute Gasteiger partial charge is 0.316 e. The van der Waals surface area contributed by atoms with Gasteiger partial charge in [-0.1, -0.05) is 12.1 Å². The molecular formula is C18H17N5O5S. The Bertz CT molecular complexity index is 1240. The number of amides is 2. The molecule has 3 aromatic carbocycles. The molecule has 6 N–H and O–H groups in total. The maximum absolute atomic E-state index is 11.3. The number of rotatable bonds is 5. The average molecular weight is 415 g/mol. The topological polar surface area (TPSA) is 169 Å². The number of carbonyl (C=O) groups excluding carboxylic acids is 1. The SMILES string of the molecule is COc1cc(N=Nc2ccc3cc(S(=O)(=O)O)ccc3c2)c(NC(N)=O)cc1N. The van der Waals surface area contributed by atoms with Crippen LogP contribution >= 0.6 is 0 Å². The second-order valence-electron chi connectivity index (χ2n) is 5.97. The quantitative estimate of drug-likeness (QED) is 0.282. The van der Waals surface area contributed by atoms with Crippen LogP contribution in [0.25, 0.3) is 10.8 Å². The molecule has 0 aliphatic carbocycles. The molecule has 0 spiro atoms. The molecule has 2 amide bonds. The van der Waals surface area contributed by atoms with Crippen molar-refractivity contribution in [3.8, 4) is 5.75 Å². The lowest BCUT2D eigenvalue weighted by molar-refractivity contribution is 0.259. The largest absolute Gasteiger partial charge is 0.495 e. The number of anilines is 2. The van der Waals surface area contributed by atoms with Gasteiger partial charge in [-0.2, -0.15) is 13.5 Å². The van der Waals surface area contributed by atoms with E-state index in [0.29, 0.717) is 22.2 Å². The number of nitrogen functional groups attached to an aromatic ring is 1. The van der Waals surface area contributed by atoms with Gasteiger partial charge >= 0.3 is 6.03 Å². The third-order valence-corrected chi connectivity index (χ3v) is 4.82. The van der Waals surface area contributed by atoms with Crippen LogP contribution in [0.3, 0.4) is 0 Å². The predicted octanol–water partition coefficient (Wildman–Crippen LogP) is 3.58. The standard InChI is InChI=1S/C18H17N5O5S/c1-28-17-9-16(15(8-14(17)19)21-18(20)24)23-22-12-4-2-11-7-13(29(25,26)27)5-3-10(11)6-12/h2-9H,19H2,1H3,(H3,20,21,24)(H,25,26,27). The molecule has 0 heterocycles. The number of nitrogens with two attached hydrogens (primary N) is 2. The first kappa shape index (κ1) is 20.0. The molecule has 0 aliphatic heterocycles. The van der Waals surface area contributed by atoms with Crippen molar-refractivity contribution in [2.45, 2.75) is 4.90 Å². The van der Waals surface area contributed by atoms with E-state index < -0.39 is 16.1 Å². The number of nitrogens with one attached hydrogen (secondary N) is 1. The molecular weight excluding hydrogens is 398 g/mol. The second-order valence-corrected chi connectivity index (χ2v) is 7.39. The number of urea groups is 1. The van der Waals surface area contributed by atoms with Gasteiger partial charge in [0.1, 0.15) is 11.4 Å². The average Bonchev–Trinajstić information content (AvgIpc) is 2.65. The molecule has 150 valence electrons. The van der Waals surface area contributed by atoms with Gasteiger partial charge in [0, 0.05) is 6.07 Å². The Kier molecular flexibility index (Phi) is 5.35. The van der Waals surface area contributed by atoms with Crippen LogP contribution in [0.1, 0.15) is 0 Å². The summed E-state index contributed by atoms with van der Waals surface area (Å²) >= 11 is 0. The molecule has 0 atom stereocenters. The van der Waals surface area contributed by atoms with Gasteiger partial charge < -0.3 is 21.5 Å². The van der Waals surface area contributed by atoms with Crippen LogP contribution in [0, 0.1) is 0 Å². The van der Waals surface area contributed by atoms with Crippen LogP contribution in [0.2, 0.25) is 0 Å². The first-order valence-corrected chi connectivity index (χ1v) is 9.58. The minimum atomic E-state index is -4.28. The van der Waals surface area contributed by atoms with Gasteiger partial charge in [-0.3, -0.25) is 4.55 Å². The summed E-state index contributed by atoms with van der Waals surface area (Å²) in [6.45, 7) is 0. The highest BCUT2D eigenvalue weighted by molar-refractivity contribution is 7.85. The molecule has 0 saturated carbocycles. The molecule has 0 aliphatic rings. The zero-order valence-corrected chi connectivity index (χ0v) is 16.0. The van der Waals surface area contributed by atoms with Gasteiger partial charge in [-0.25, -0.2) is 4.79 Å². The molecule has 10 nitrogen and oxygen atoms in total. The number of primary amides is 1. The summed E-state index contributed by atoms with van der Waals surface area (Å²) in [5.41, 5.74) is 12.3. The summed E-state index contributed by atoms with van der Waals surface area (Å²) in [5, 5.41) is 12.0. The molecule has 0 saturated heterocycles. The first-order valence-electron chi connectivity index (χ1n) is 8.14. The van der Waals surface area contributed by atoms with E-state index in [1.807, 2.05) is 0 Å². The van der Waals surface area contributed by atoms with Crippen LogP contribution < -0.4 is 21.5 Å². The van der Waals surface area contributed by atoms with Gasteiger partial charge in [-0.05, 0) is 41.1 Å². The fourth-order valence-corrected chi connectivity index (χ4v) is 3.14. The number of hydrogen-bond donors (Lipinski definition) is 4. The molecule has 0 unspecified atom stereocenters. The Hall–Kier alpha value is -3.70. The third kappa shape index (κ3) is 4.59. The Morgan fingerprint density at radius 2 is 1.76 bits per heavy atom. The van der Waals surface area contributed by atoms with Gasteiger partial charge in [0.15, 0.2) is 0 Å². The molecule has 11 heteroatoms. The number of hydrogen-bond acceptors (Lipinski definition) is 7. The van der Waals surface area contributed by atoms with E-state index in [-0.39, 0.29) is 22.0 Å². The number of fused-ring (bicyclic) bond motifs is 1. The lowest BCUT2D eigenvalue weighted by Gasteiger charge is -2.10. The van der Waals surface area contributed by atoms with Crippen molar-refractivity contribution in [1.29, 1.82) is 0 Å². The lowest BCUT2D eigenvalue weighted by Crippen LogP contribution is -2.19. The van der Waals surface area contributed by atoms with Crippen LogP contribution in [-0.2, 0) is 10.1 Å². The third-order valence-electron chi connectivity index (χ3n) is 3.97. The fourth-order valence-electron chi connectivity index (χ4n) is 2.62. The summed E-state index contributed by atoms with van der Waals surface area (Å²) in [7, 11) is -2.84. The Labute approximate surface area is 165 Å². The minimum absolute atomic E-state index is 0.199. The number of methoxy groups -OCH3 is 1. The van der Waals surface area contributed by atoms with Crippen molar-refractivity contribution in [1.82, 2.24) is 0 Å². The zero-order chi connectivity index (χ0) is 21.2. The maximum atomic E-state index is 11.3. The van der Waals surface area contributed by atoms with Gasteiger partial charge in [0.25, 0.3) is 10.1 Å². The monoisotopic (exact) mass is 415 g/mol. The highest BCUT2D eigenvalue weighted by Crippen LogP contribution is 2.36. The number of azo groups is 1. The van der Waals surface area contributed by atoms with Crippen molar-refractivity contribution >= 4 is 49.7 Å². The summed E-state index contributed by atoms with van der Waals surface area (Å²) in [5.74, 6) is 0.352. The summed E-state index contributed by atoms with van der Waals surface area (Å²) in [6, 6.07) is 11.3. The van der Waals surface area contributed by atoms with E-state index in [1.54, 1.807) is 24.3 Å². The molecule has 0 radical (unpaired) electrons. The van der Waals surface area contributed by atoms with E-state index in [1.165, 1.54) is 31.4 Å². The highest BCUT2D eigenvalue weighted by atomic mass is 32.2. The van der Waals surface area contributed by atoms with E-state index in [0.717, 1.165) is 0 Å². The Morgan fingerprint density at radius 1 is 1.07 bits per heavy atom. The normalized spacial score (nSPS) is 11.7. The summed E-state index contributed by atoms with van der Waals surface area (Å²) in [6.07, 6.45) is 0. The Balaban J connectivity index is 1.98. The van der Waals surface area contributed by atoms with Crippen molar-refractivity contribution in [3.63, 3.8) is 0 Å². The second kappa shape index (κ2) is 7.73. The van der Waals surface area contributed by atoms with Crippen LogP contribution in [0.5, 0.6) is 5.75 Å². The fraction of sp³-hybridized carbons (Fsp3) is 0.0556. The van der Waals surface area contributed by atoms with E-state index in [9.17, 15) is 13.2 Å². The predicted molar refractivity (Wildman–Crippen MR) is 109 cm³/mol. The maximum Gasteiger partial charge on any atom is 0.316 e. The van der Waals surface area contributed by atoms with Crippen molar-refractivity contribution in [2.75, 3.05) is 18.2 Å². The number of benzene rings is 3. The van der Waals surface area contributed by atoms with E-state index >= 15 is 0 Å². The van der Waals surface area contributed by atoms with Gasteiger partial charge in [0.2, 0.25) is 0 Å². The molecule has 0 aromatic heterocycles. The number of nitrogens with zero attached hydrogens (tertiary/aromatic N) is 2. The molecule has 0 bridgehead atoms. The van der Waals surface area contributed by atoms with Crippen molar-refractivity contribution in [3.05, 3.63) is 48.5 Å². The van der Waals surface area contributed by atoms with Crippen LogP contribution in [0.4, 0.5) is 27.5 Å². The minimum Gasteiger partial charge on any atom is -0.495 e. The number of ether oxygens (including phenoxy) is 1. The van der Waals surface area contributed by atoms with Crippen LogP contribution in [-0.4, -0.2) is 26.1 Å². The molecule has 3 aromatic rings. The van der Waals surface area contributed by atoms with Gasteiger partial charge in [0.05, 0.1) is 29.1 Å². The van der Waals surface area contributed by atoms with Gasteiger partial charge in [-0.15, -0.1) is 5.11 Å². The Morgan fingerprint density at radius 3 is 2.41 bits per heavy atom. The van der Waals surface area contributed by atoms with E-state index in [4.69, 9.17) is 20.8 Å².